The monoisotopic (exact) mass is 295 g/mol. The lowest BCUT2D eigenvalue weighted by molar-refractivity contribution is -0.383. The summed E-state index contributed by atoms with van der Waals surface area (Å²) in [7, 11) is 0. The SMILES string of the molecule is CCCNc1cccc(NC2CCSCC2)c1[N+](=O)[O-]. The zero-order chi connectivity index (χ0) is 14.4. The molecule has 1 heterocycles. The second-order valence-electron chi connectivity index (χ2n) is 4.92. The highest BCUT2D eigenvalue weighted by Gasteiger charge is 2.22. The summed E-state index contributed by atoms with van der Waals surface area (Å²) in [6.07, 6.45) is 3.07. The number of nitrogens with one attached hydrogen (secondary N) is 2. The van der Waals surface area contributed by atoms with Gasteiger partial charge in [0.05, 0.1) is 4.92 Å². The van der Waals surface area contributed by atoms with Crippen LogP contribution in [0.3, 0.4) is 0 Å². The van der Waals surface area contributed by atoms with Gasteiger partial charge >= 0.3 is 5.69 Å². The number of nitro groups is 1. The number of hydrogen-bond donors (Lipinski definition) is 2. The molecule has 5 nitrogen and oxygen atoms in total. The largest absolute Gasteiger partial charge is 0.379 e. The second-order valence-corrected chi connectivity index (χ2v) is 6.14. The van der Waals surface area contributed by atoms with Gasteiger partial charge in [-0.2, -0.15) is 11.8 Å². The number of para-hydroxylation sites is 1. The number of benzene rings is 1. The van der Waals surface area contributed by atoms with Crippen molar-refractivity contribution in [1.29, 1.82) is 0 Å². The van der Waals surface area contributed by atoms with E-state index >= 15 is 0 Å². The molecular formula is C14H21N3O2S. The maximum absolute atomic E-state index is 11.4. The normalized spacial score (nSPS) is 15.8. The molecule has 0 aliphatic carbocycles. The Morgan fingerprint density at radius 3 is 2.70 bits per heavy atom. The van der Waals surface area contributed by atoms with E-state index in [1.165, 1.54) is 0 Å². The van der Waals surface area contributed by atoms with E-state index in [0.29, 0.717) is 17.4 Å². The molecule has 0 unspecified atom stereocenters. The summed E-state index contributed by atoms with van der Waals surface area (Å²) in [6, 6.07) is 5.79. The molecule has 0 saturated carbocycles. The van der Waals surface area contributed by atoms with Gasteiger partial charge in [0.15, 0.2) is 0 Å². The minimum atomic E-state index is -0.294. The Labute approximate surface area is 123 Å². The third-order valence-electron chi connectivity index (χ3n) is 3.36. The molecule has 1 aromatic rings. The van der Waals surface area contributed by atoms with Gasteiger partial charge in [0.2, 0.25) is 0 Å². The molecule has 1 aliphatic heterocycles. The van der Waals surface area contributed by atoms with Gasteiger partial charge in [-0.1, -0.05) is 13.0 Å². The van der Waals surface area contributed by atoms with Crippen molar-refractivity contribution in [2.75, 3.05) is 28.7 Å². The smallest absolute Gasteiger partial charge is 0.315 e. The molecule has 0 bridgehead atoms. The van der Waals surface area contributed by atoms with Gasteiger partial charge in [-0.15, -0.1) is 0 Å². The fourth-order valence-electron chi connectivity index (χ4n) is 2.32. The molecule has 0 atom stereocenters. The zero-order valence-electron chi connectivity index (χ0n) is 11.7. The molecule has 0 spiro atoms. The molecule has 0 radical (unpaired) electrons. The van der Waals surface area contributed by atoms with Crippen molar-refractivity contribution in [2.45, 2.75) is 32.2 Å². The van der Waals surface area contributed by atoms with Gasteiger partial charge < -0.3 is 10.6 Å². The minimum absolute atomic E-state index is 0.166. The van der Waals surface area contributed by atoms with E-state index in [4.69, 9.17) is 0 Å². The third kappa shape index (κ3) is 3.79. The van der Waals surface area contributed by atoms with Crippen molar-refractivity contribution in [1.82, 2.24) is 0 Å². The molecule has 1 saturated heterocycles. The third-order valence-corrected chi connectivity index (χ3v) is 4.41. The highest BCUT2D eigenvalue weighted by atomic mass is 32.2. The summed E-state index contributed by atoms with van der Waals surface area (Å²) in [5.74, 6) is 2.25. The Morgan fingerprint density at radius 2 is 2.05 bits per heavy atom. The van der Waals surface area contributed by atoms with E-state index < -0.39 is 0 Å². The topological polar surface area (TPSA) is 67.2 Å². The first-order valence-electron chi connectivity index (χ1n) is 7.08. The Bertz CT molecular complexity index is 462. The van der Waals surface area contributed by atoms with E-state index in [-0.39, 0.29) is 10.6 Å². The zero-order valence-corrected chi connectivity index (χ0v) is 12.5. The van der Waals surface area contributed by atoms with Crippen LogP contribution in [0.5, 0.6) is 0 Å². The predicted octanol–water partition coefficient (Wildman–Crippen LogP) is 3.72. The lowest BCUT2D eigenvalue weighted by Crippen LogP contribution is -2.25. The number of rotatable bonds is 6. The van der Waals surface area contributed by atoms with Crippen molar-refractivity contribution in [3.63, 3.8) is 0 Å². The first-order chi connectivity index (χ1) is 9.72. The summed E-state index contributed by atoms with van der Waals surface area (Å²) in [4.78, 5) is 11.1. The number of nitrogens with zero attached hydrogens (tertiary/aromatic N) is 1. The van der Waals surface area contributed by atoms with Crippen LogP contribution in [0, 0.1) is 10.1 Å². The Hall–Kier alpha value is -1.43. The highest BCUT2D eigenvalue weighted by Crippen LogP contribution is 2.34. The van der Waals surface area contributed by atoms with Crippen molar-refractivity contribution < 1.29 is 4.92 Å². The maximum atomic E-state index is 11.4. The van der Waals surface area contributed by atoms with E-state index in [0.717, 1.165) is 37.3 Å². The van der Waals surface area contributed by atoms with Crippen LogP contribution in [-0.4, -0.2) is 29.0 Å². The van der Waals surface area contributed by atoms with Crippen molar-refractivity contribution in [3.05, 3.63) is 28.3 Å². The van der Waals surface area contributed by atoms with Gasteiger partial charge in [0, 0.05) is 12.6 Å². The number of hydrogen-bond acceptors (Lipinski definition) is 5. The lowest BCUT2D eigenvalue weighted by atomic mass is 10.1. The summed E-state index contributed by atoms with van der Waals surface area (Å²) < 4.78 is 0. The number of anilines is 2. The van der Waals surface area contributed by atoms with Crippen LogP contribution >= 0.6 is 11.8 Å². The Morgan fingerprint density at radius 1 is 1.35 bits per heavy atom. The van der Waals surface area contributed by atoms with E-state index in [1.807, 2.05) is 24.8 Å². The highest BCUT2D eigenvalue weighted by molar-refractivity contribution is 7.99. The van der Waals surface area contributed by atoms with Gasteiger partial charge in [-0.25, -0.2) is 0 Å². The minimum Gasteiger partial charge on any atom is -0.379 e. The van der Waals surface area contributed by atoms with Crippen LogP contribution < -0.4 is 10.6 Å². The van der Waals surface area contributed by atoms with Gasteiger partial charge in [-0.05, 0) is 42.9 Å². The molecule has 1 fully saturated rings. The fraction of sp³-hybridized carbons (Fsp3) is 0.571. The average molecular weight is 295 g/mol. The average Bonchev–Trinajstić information content (AvgIpc) is 2.46. The predicted molar refractivity (Wildman–Crippen MR) is 85.8 cm³/mol. The molecule has 1 aliphatic rings. The van der Waals surface area contributed by atoms with Crippen molar-refractivity contribution in [3.8, 4) is 0 Å². The van der Waals surface area contributed by atoms with Crippen LogP contribution in [-0.2, 0) is 0 Å². The molecule has 110 valence electrons. The molecule has 20 heavy (non-hydrogen) atoms. The fourth-order valence-corrected chi connectivity index (χ4v) is 3.43. The molecule has 1 aromatic carbocycles. The summed E-state index contributed by atoms with van der Waals surface area (Å²) in [5, 5.41) is 17.9. The van der Waals surface area contributed by atoms with Crippen LogP contribution in [0.25, 0.3) is 0 Å². The standard InChI is InChI=1S/C14H21N3O2S/c1-2-8-15-12-4-3-5-13(14(12)17(18)19)16-11-6-9-20-10-7-11/h3-5,11,15-16H,2,6-10H2,1H3. The first kappa shape index (κ1) is 15.0. The quantitative estimate of drug-likeness (QED) is 0.618. The van der Waals surface area contributed by atoms with Crippen LogP contribution in [0.15, 0.2) is 18.2 Å². The van der Waals surface area contributed by atoms with Gasteiger partial charge in [0.1, 0.15) is 11.4 Å². The van der Waals surface area contributed by atoms with Crippen LogP contribution in [0.4, 0.5) is 17.1 Å². The second kappa shape index (κ2) is 7.38. The lowest BCUT2D eigenvalue weighted by Gasteiger charge is -2.23. The van der Waals surface area contributed by atoms with Crippen molar-refractivity contribution >= 4 is 28.8 Å². The van der Waals surface area contributed by atoms with E-state index in [9.17, 15) is 10.1 Å². The van der Waals surface area contributed by atoms with Crippen molar-refractivity contribution in [2.24, 2.45) is 0 Å². The molecule has 0 aromatic heterocycles. The summed E-state index contributed by atoms with van der Waals surface area (Å²) in [5.41, 5.74) is 1.40. The van der Waals surface area contributed by atoms with Crippen LogP contribution in [0.2, 0.25) is 0 Å². The molecule has 6 heteroatoms. The Kier molecular flexibility index (Phi) is 5.52. The Balaban J connectivity index is 2.19. The summed E-state index contributed by atoms with van der Waals surface area (Å²) in [6.45, 7) is 2.78. The van der Waals surface area contributed by atoms with E-state index in [2.05, 4.69) is 10.6 Å². The number of thioether (sulfide) groups is 1. The molecule has 2 N–H and O–H groups in total. The molecule has 0 amide bonds. The molecule has 2 rings (SSSR count). The summed E-state index contributed by atoms with van der Waals surface area (Å²) >= 11 is 1.95. The van der Waals surface area contributed by atoms with Crippen LogP contribution in [0.1, 0.15) is 26.2 Å². The van der Waals surface area contributed by atoms with Gasteiger partial charge in [-0.3, -0.25) is 10.1 Å². The van der Waals surface area contributed by atoms with E-state index in [1.54, 1.807) is 12.1 Å². The maximum Gasteiger partial charge on any atom is 0.315 e. The number of nitro benzene ring substituents is 1. The first-order valence-corrected chi connectivity index (χ1v) is 8.23. The molecular weight excluding hydrogens is 274 g/mol. The van der Waals surface area contributed by atoms with Gasteiger partial charge in [0.25, 0.3) is 0 Å².